The highest BCUT2D eigenvalue weighted by molar-refractivity contribution is 7.94. The van der Waals surface area contributed by atoms with Crippen molar-refractivity contribution in [2.75, 3.05) is 6.61 Å². The van der Waals surface area contributed by atoms with Gasteiger partial charge in [0.1, 0.15) is 5.39 Å². The van der Waals surface area contributed by atoms with Gasteiger partial charge >= 0.3 is 0 Å². The van der Waals surface area contributed by atoms with Gasteiger partial charge in [-0.1, -0.05) is 6.07 Å². The van der Waals surface area contributed by atoms with Crippen LogP contribution in [0.3, 0.4) is 0 Å². The number of nitrogens with one attached hydrogen (secondary N) is 1. The Morgan fingerprint density at radius 3 is 3.12 bits per heavy atom. The number of fused-ring (bicyclic) bond motifs is 1. The summed E-state index contributed by atoms with van der Waals surface area (Å²) >= 11 is 1.08. The molecule has 1 aromatic heterocycles. The Labute approximate surface area is 97.1 Å². The van der Waals surface area contributed by atoms with E-state index >= 15 is 0 Å². The summed E-state index contributed by atoms with van der Waals surface area (Å²) in [5.74, 6) is 5.75. The van der Waals surface area contributed by atoms with Gasteiger partial charge in [-0.25, -0.2) is 15.2 Å². The number of hydrogen-bond donors (Lipinski definition) is 1. The summed E-state index contributed by atoms with van der Waals surface area (Å²) in [6.45, 7) is 2.53. The first-order valence-electron chi connectivity index (χ1n) is 4.82. The molecule has 1 aromatic carbocycles. The van der Waals surface area contributed by atoms with Gasteiger partial charge in [-0.15, -0.1) is 0 Å². The maximum Gasteiger partial charge on any atom is 0.293 e. The van der Waals surface area contributed by atoms with Gasteiger partial charge in [-0.3, -0.25) is 0 Å². The number of nitrogens with zero attached hydrogens (tertiary/aromatic N) is 1. The molecule has 0 radical (unpaired) electrons. The van der Waals surface area contributed by atoms with Crippen LogP contribution in [0.15, 0.2) is 29.4 Å². The van der Waals surface area contributed by atoms with Crippen molar-refractivity contribution in [3.05, 3.63) is 24.5 Å². The van der Waals surface area contributed by atoms with Crippen LogP contribution in [0, 0.1) is 0 Å². The van der Waals surface area contributed by atoms with E-state index in [2.05, 4.69) is 14.3 Å². The second-order valence-corrected chi connectivity index (χ2v) is 3.80. The standard InChI is InChI=1S/C10H11N3O2S/c1-2-14-10-7-4-3-5-8(16-15-11)9(7)12-6-13-10/h3-6H,2,11H2,1H3/p+1. The van der Waals surface area contributed by atoms with Crippen molar-refractivity contribution in [2.45, 2.75) is 11.8 Å². The van der Waals surface area contributed by atoms with Crippen LogP contribution in [-0.2, 0) is 4.28 Å². The molecule has 3 N–H and O–H groups in total. The van der Waals surface area contributed by atoms with Gasteiger partial charge in [0.25, 0.3) is 12.2 Å². The van der Waals surface area contributed by atoms with Crippen LogP contribution in [0.4, 0.5) is 0 Å². The monoisotopic (exact) mass is 238 g/mol. The van der Waals surface area contributed by atoms with Crippen LogP contribution in [-0.4, -0.2) is 11.6 Å². The summed E-state index contributed by atoms with van der Waals surface area (Å²) in [6.07, 6.45) is 1.59. The molecule has 0 spiro atoms. The number of nitrogens with two attached hydrogens (primary N) is 1. The minimum atomic E-state index is 0.598. The Balaban J connectivity index is 2.57. The first-order chi connectivity index (χ1) is 7.86. The molecule has 5 nitrogen and oxygen atoms in total. The first kappa shape index (κ1) is 11.1. The average Bonchev–Trinajstić information content (AvgIpc) is 2.31. The zero-order chi connectivity index (χ0) is 11.4. The fraction of sp³-hybridized carbons (Fsp3) is 0.200. The summed E-state index contributed by atoms with van der Waals surface area (Å²) in [4.78, 5) is 8.07. The van der Waals surface area contributed by atoms with Crippen molar-refractivity contribution in [3.8, 4) is 5.88 Å². The molecule has 1 heterocycles. The van der Waals surface area contributed by atoms with Gasteiger partial charge in [0.05, 0.1) is 23.5 Å². The summed E-state index contributed by atoms with van der Waals surface area (Å²) in [5, 5.41) is 0.909. The molecule has 84 valence electrons. The number of para-hydroxylation sites is 1. The fourth-order valence-electron chi connectivity index (χ4n) is 1.45. The predicted molar refractivity (Wildman–Crippen MR) is 60.6 cm³/mol. The van der Waals surface area contributed by atoms with E-state index < -0.39 is 0 Å². The van der Waals surface area contributed by atoms with Crippen LogP contribution in [0.25, 0.3) is 10.9 Å². The van der Waals surface area contributed by atoms with E-state index in [1.54, 1.807) is 6.33 Å². The van der Waals surface area contributed by atoms with E-state index in [1.807, 2.05) is 25.1 Å². The molecule has 0 aliphatic rings. The fourth-order valence-corrected chi connectivity index (χ4v) is 1.93. The average molecular weight is 238 g/mol. The maximum atomic E-state index is 5.48. The molecular weight excluding hydrogens is 226 g/mol. The maximum absolute atomic E-state index is 5.48. The van der Waals surface area contributed by atoms with Crippen LogP contribution in [0.2, 0.25) is 0 Å². The van der Waals surface area contributed by atoms with Crippen molar-refractivity contribution >= 4 is 22.9 Å². The normalized spacial score (nSPS) is 10.6. The molecular formula is C10H12N3O2S+. The second kappa shape index (κ2) is 5.11. The third-order valence-corrected chi connectivity index (χ3v) is 2.66. The van der Waals surface area contributed by atoms with Crippen LogP contribution in [0.5, 0.6) is 5.88 Å². The molecule has 0 bridgehead atoms. The third kappa shape index (κ3) is 2.08. The van der Waals surface area contributed by atoms with E-state index in [9.17, 15) is 0 Å². The molecule has 0 saturated carbocycles. The van der Waals surface area contributed by atoms with Crippen molar-refractivity contribution < 1.29 is 14.0 Å². The van der Waals surface area contributed by atoms with E-state index in [-0.39, 0.29) is 0 Å². The third-order valence-electron chi connectivity index (χ3n) is 2.06. The summed E-state index contributed by atoms with van der Waals surface area (Å²) < 4.78 is 10.0. The van der Waals surface area contributed by atoms with Gasteiger partial charge in [0.15, 0.2) is 0 Å². The molecule has 0 aliphatic carbocycles. The number of H-pyrrole nitrogens is 1. The minimum absolute atomic E-state index is 0.598. The molecule has 0 fully saturated rings. The smallest absolute Gasteiger partial charge is 0.293 e. The van der Waals surface area contributed by atoms with Crippen LogP contribution >= 0.6 is 12.0 Å². The highest BCUT2D eigenvalue weighted by atomic mass is 32.2. The SMILES string of the molecule is CCOc1[nH+]cnc2c(SON)cccc12. The van der Waals surface area contributed by atoms with Crippen LogP contribution in [0.1, 0.15) is 6.92 Å². The molecule has 0 unspecified atom stereocenters. The minimum Gasteiger partial charge on any atom is -0.462 e. The van der Waals surface area contributed by atoms with E-state index in [0.717, 1.165) is 27.8 Å². The Kier molecular flexibility index (Phi) is 3.55. The number of aromatic nitrogens is 2. The Bertz CT molecular complexity index is 447. The number of ether oxygens (including phenoxy) is 1. The Morgan fingerprint density at radius 1 is 1.50 bits per heavy atom. The molecule has 0 saturated heterocycles. The van der Waals surface area contributed by atoms with Gasteiger partial charge in [0.2, 0.25) is 5.52 Å². The topological polar surface area (TPSA) is 71.5 Å². The predicted octanol–water partition coefficient (Wildman–Crippen LogP) is 1.34. The lowest BCUT2D eigenvalue weighted by Gasteiger charge is -2.02. The van der Waals surface area contributed by atoms with E-state index in [0.29, 0.717) is 12.5 Å². The molecule has 6 heteroatoms. The molecule has 2 aromatic rings. The van der Waals surface area contributed by atoms with Gasteiger partial charge < -0.3 is 4.74 Å². The van der Waals surface area contributed by atoms with Gasteiger partial charge in [-0.05, 0) is 24.0 Å². The molecule has 2 rings (SSSR count). The van der Waals surface area contributed by atoms with Crippen molar-refractivity contribution in [3.63, 3.8) is 0 Å². The van der Waals surface area contributed by atoms with E-state index in [1.165, 1.54) is 0 Å². The van der Waals surface area contributed by atoms with E-state index in [4.69, 9.17) is 10.6 Å². The van der Waals surface area contributed by atoms with Crippen molar-refractivity contribution in [1.29, 1.82) is 0 Å². The summed E-state index contributed by atoms with van der Waals surface area (Å²) in [7, 11) is 0. The highest BCUT2D eigenvalue weighted by Crippen LogP contribution is 2.28. The zero-order valence-corrected chi connectivity index (χ0v) is 9.58. The Morgan fingerprint density at radius 2 is 2.38 bits per heavy atom. The molecule has 0 atom stereocenters. The lowest BCUT2D eigenvalue weighted by atomic mass is 10.2. The summed E-state index contributed by atoms with van der Waals surface area (Å²) in [5.41, 5.74) is 0.806. The number of hydrogen-bond acceptors (Lipinski definition) is 5. The molecule has 0 aliphatic heterocycles. The first-order valence-corrected chi connectivity index (χ1v) is 5.56. The lowest BCUT2D eigenvalue weighted by Crippen LogP contribution is -2.10. The van der Waals surface area contributed by atoms with Crippen LogP contribution < -0.4 is 15.6 Å². The van der Waals surface area contributed by atoms with Crippen molar-refractivity contribution in [2.24, 2.45) is 5.90 Å². The molecule has 0 amide bonds. The quantitative estimate of drug-likeness (QED) is 0.643. The number of benzene rings is 1. The van der Waals surface area contributed by atoms with Gasteiger partial charge in [-0.2, -0.15) is 0 Å². The second-order valence-electron chi connectivity index (χ2n) is 3.00. The highest BCUT2D eigenvalue weighted by Gasteiger charge is 2.14. The Hall–Kier alpha value is -1.37. The number of rotatable bonds is 4. The number of aromatic amines is 1. The zero-order valence-electron chi connectivity index (χ0n) is 8.77. The lowest BCUT2D eigenvalue weighted by molar-refractivity contribution is -0.396. The van der Waals surface area contributed by atoms with Crippen molar-refractivity contribution in [1.82, 2.24) is 4.98 Å². The summed E-state index contributed by atoms with van der Waals surface area (Å²) in [6, 6.07) is 5.73. The van der Waals surface area contributed by atoms with Gasteiger partial charge in [0, 0.05) is 0 Å². The molecule has 16 heavy (non-hydrogen) atoms. The largest absolute Gasteiger partial charge is 0.462 e.